The number of anilines is 2. The Morgan fingerprint density at radius 1 is 1.21 bits per heavy atom. The summed E-state index contributed by atoms with van der Waals surface area (Å²) in [4.78, 5) is 7.02. The molecule has 3 aliphatic heterocycles. The van der Waals surface area contributed by atoms with Gasteiger partial charge in [-0.15, -0.1) is 0 Å². The zero-order valence-corrected chi connectivity index (χ0v) is 18.9. The van der Waals surface area contributed by atoms with E-state index in [4.69, 9.17) is 0 Å². The van der Waals surface area contributed by atoms with Crippen molar-refractivity contribution >= 4 is 16.9 Å². The van der Waals surface area contributed by atoms with Gasteiger partial charge in [-0.25, -0.2) is 8.91 Å². The fourth-order valence-electron chi connectivity index (χ4n) is 5.86. The Labute approximate surface area is 192 Å². The van der Waals surface area contributed by atoms with Gasteiger partial charge in [-0.1, -0.05) is 6.07 Å². The minimum atomic E-state index is -0.624. The van der Waals surface area contributed by atoms with Gasteiger partial charge in [0.05, 0.1) is 23.5 Å². The van der Waals surface area contributed by atoms with Crippen LogP contribution >= 0.6 is 0 Å². The Morgan fingerprint density at radius 3 is 2.82 bits per heavy atom. The minimum Gasteiger partial charge on any atom is -0.388 e. The summed E-state index contributed by atoms with van der Waals surface area (Å²) in [5, 5.41) is 23.8. The van der Waals surface area contributed by atoms with Gasteiger partial charge >= 0.3 is 0 Å². The molecule has 0 aliphatic carbocycles. The number of aliphatic hydroxyl groups is 1. The van der Waals surface area contributed by atoms with E-state index in [9.17, 15) is 14.8 Å². The fourth-order valence-corrected chi connectivity index (χ4v) is 5.86. The zero-order valence-electron chi connectivity index (χ0n) is 18.9. The lowest BCUT2D eigenvalue weighted by Gasteiger charge is -2.43. The third-order valence-electron chi connectivity index (χ3n) is 7.55. The minimum absolute atomic E-state index is 0.223. The second kappa shape index (κ2) is 7.17. The van der Waals surface area contributed by atoms with Gasteiger partial charge in [0, 0.05) is 44.5 Å². The Morgan fingerprint density at radius 2 is 2.06 bits per heavy atom. The van der Waals surface area contributed by atoms with Gasteiger partial charge in [-0.2, -0.15) is 10.4 Å². The Balaban J connectivity index is 1.33. The molecule has 8 heteroatoms. The largest absolute Gasteiger partial charge is 0.388 e. The third-order valence-corrected chi connectivity index (χ3v) is 7.55. The maximum atomic E-state index is 14.7. The highest BCUT2D eigenvalue weighted by Crippen LogP contribution is 2.42. The van der Waals surface area contributed by atoms with Crippen LogP contribution < -0.4 is 9.80 Å². The monoisotopic (exact) mass is 446 g/mol. The summed E-state index contributed by atoms with van der Waals surface area (Å²) in [6.07, 6.45) is 1.97. The molecule has 0 amide bonds. The van der Waals surface area contributed by atoms with E-state index in [1.165, 1.54) is 27.5 Å². The highest BCUT2D eigenvalue weighted by atomic mass is 19.1. The number of aromatic nitrogens is 2. The predicted molar refractivity (Wildman–Crippen MR) is 124 cm³/mol. The van der Waals surface area contributed by atoms with Gasteiger partial charge in [0.1, 0.15) is 17.3 Å². The summed E-state index contributed by atoms with van der Waals surface area (Å²) in [7, 11) is 0. The maximum absolute atomic E-state index is 14.7. The molecule has 7 nitrogen and oxygen atoms in total. The van der Waals surface area contributed by atoms with Crippen molar-refractivity contribution in [2.75, 3.05) is 36.0 Å². The quantitative estimate of drug-likeness (QED) is 0.653. The van der Waals surface area contributed by atoms with Crippen LogP contribution in [0.15, 0.2) is 36.5 Å². The molecule has 3 aliphatic rings. The molecule has 1 N–H and O–H groups in total. The summed E-state index contributed by atoms with van der Waals surface area (Å²) in [5.74, 6) is -0.407. The zero-order chi connectivity index (χ0) is 22.9. The van der Waals surface area contributed by atoms with E-state index < -0.39 is 11.4 Å². The molecule has 3 atom stereocenters. The highest BCUT2D eigenvalue weighted by molar-refractivity contribution is 5.75. The number of pyridine rings is 1. The van der Waals surface area contributed by atoms with E-state index in [1.807, 2.05) is 13.0 Å². The average Bonchev–Trinajstić information content (AvgIpc) is 3.48. The molecular formula is C25H27FN6O. The number of hydrogen-bond donors (Lipinski definition) is 1. The van der Waals surface area contributed by atoms with Crippen molar-refractivity contribution in [1.29, 1.82) is 5.26 Å². The van der Waals surface area contributed by atoms with Crippen molar-refractivity contribution < 1.29 is 9.50 Å². The number of β-amino-alcohol motifs (C(OH)–C–C–N with tert-alkyl or cyclic N) is 1. The molecule has 2 saturated heterocycles. The molecule has 3 aromatic rings. The first-order valence-electron chi connectivity index (χ1n) is 11.5. The SMILES string of the molecule is CC1CN(c2ccc(C#N)n3ncc(F)c23)CC2c3ccc(N4CC[C@@](C)(O)C4)cc3CN12. The second-order valence-corrected chi connectivity index (χ2v) is 9.96. The first kappa shape index (κ1) is 20.5. The standard InChI is InChI=1S/C25H27FN6O/c1-16-12-30(22-6-4-19(10-27)32-24(22)21(26)11-28-32)14-23-20-5-3-18(9-17(20)13-31(16)23)29-8-7-25(2,33)15-29/h3-6,9,11,16,23,33H,7-8,12-15H2,1-2H3/t16?,23?,25-/m1/s1. The van der Waals surface area contributed by atoms with Crippen molar-refractivity contribution in [2.24, 2.45) is 0 Å². The lowest BCUT2D eigenvalue weighted by Crippen LogP contribution is -2.51. The topological polar surface area (TPSA) is 71.0 Å². The third kappa shape index (κ3) is 3.18. The van der Waals surface area contributed by atoms with E-state index in [-0.39, 0.29) is 12.1 Å². The lowest BCUT2D eigenvalue weighted by molar-refractivity contribution is 0.0839. The first-order valence-corrected chi connectivity index (χ1v) is 11.5. The Hall–Kier alpha value is -3.15. The molecule has 170 valence electrons. The molecule has 2 unspecified atom stereocenters. The number of nitrogens with zero attached hydrogens (tertiary/aromatic N) is 6. The summed E-state index contributed by atoms with van der Waals surface area (Å²) in [6, 6.07) is 12.8. The summed E-state index contributed by atoms with van der Waals surface area (Å²) in [6.45, 7) is 8.08. The number of benzene rings is 1. The van der Waals surface area contributed by atoms with Crippen LogP contribution in [0, 0.1) is 17.1 Å². The smallest absolute Gasteiger partial charge is 0.171 e. The molecule has 33 heavy (non-hydrogen) atoms. The first-order chi connectivity index (χ1) is 15.8. The van der Waals surface area contributed by atoms with Crippen molar-refractivity contribution in [3.05, 3.63) is 59.2 Å². The van der Waals surface area contributed by atoms with Gasteiger partial charge in [-0.05, 0) is 55.7 Å². The number of piperazine rings is 1. The maximum Gasteiger partial charge on any atom is 0.171 e. The molecule has 5 heterocycles. The fraction of sp³-hybridized carbons (Fsp3) is 0.440. The van der Waals surface area contributed by atoms with Crippen LogP contribution in [0.2, 0.25) is 0 Å². The predicted octanol–water partition coefficient (Wildman–Crippen LogP) is 3.07. The summed E-state index contributed by atoms with van der Waals surface area (Å²) < 4.78 is 16.1. The van der Waals surface area contributed by atoms with Crippen LogP contribution in [-0.4, -0.2) is 57.4 Å². The van der Waals surface area contributed by atoms with Gasteiger partial charge in [0.2, 0.25) is 0 Å². The molecule has 2 aromatic heterocycles. The number of rotatable bonds is 2. The van der Waals surface area contributed by atoms with Crippen LogP contribution in [0.25, 0.3) is 5.52 Å². The molecule has 0 radical (unpaired) electrons. The van der Waals surface area contributed by atoms with E-state index in [2.05, 4.69) is 51.0 Å². The highest BCUT2D eigenvalue weighted by Gasteiger charge is 2.40. The van der Waals surface area contributed by atoms with Gasteiger partial charge in [-0.3, -0.25) is 4.90 Å². The van der Waals surface area contributed by atoms with Crippen LogP contribution in [0.5, 0.6) is 0 Å². The van der Waals surface area contributed by atoms with Crippen LogP contribution in [-0.2, 0) is 6.54 Å². The van der Waals surface area contributed by atoms with Gasteiger partial charge in [0.15, 0.2) is 5.82 Å². The van der Waals surface area contributed by atoms with Crippen molar-refractivity contribution in [3.63, 3.8) is 0 Å². The summed E-state index contributed by atoms with van der Waals surface area (Å²) >= 11 is 0. The number of nitriles is 1. The van der Waals surface area contributed by atoms with Crippen molar-refractivity contribution in [1.82, 2.24) is 14.5 Å². The molecule has 1 aromatic carbocycles. The van der Waals surface area contributed by atoms with Crippen LogP contribution in [0.4, 0.5) is 15.8 Å². The number of hydrogen-bond acceptors (Lipinski definition) is 6. The average molecular weight is 447 g/mol. The van der Waals surface area contributed by atoms with E-state index >= 15 is 0 Å². The van der Waals surface area contributed by atoms with Gasteiger partial charge < -0.3 is 14.9 Å². The van der Waals surface area contributed by atoms with Crippen LogP contribution in [0.3, 0.4) is 0 Å². The van der Waals surface area contributed by atoms with Gasteiger partial charge in [0.25, 0.3) is 0 Å². The molecular weight excluding hydrogens is 419 g/mol. The van der Waals surface area contributed by atoms with E-state index in [1.54, 1.807) is 6.07 Å². The lowest BCUT2D eigenvalue weighted by atomic mass is 10.0. The number of halogens is 1. The second-order valence-electron chi connectivity index (χ2n) is 9.96. The van der Waals surface area contributed by atoms with E-state index in [0.717, 1.165) is 38.3 Å². The number of fused-ring (bicyclic) bond motifs is 4. The molecule has 6 rings (SSSR count). The Bertz CT molecular complexity index is 1290. The Kier molecular flexibility index (Phi) is 4.45. The molecule has 0 saturated carbocycles. The van der Waals surface area contributed by atoms with Crippen molar-refractivity contribution in [3.8, 4) is 6.07 Å². The van der Waals surface area contributed by atoms with Crippen molar-refractivity contribution in [2.45, 2.75) is 44.5 Å². The normalized spacial score (nSPS) is 27.1. The molecule has 0 spiro atoms. The summed E-state index contributed by atoms with van der Waals surface area (Å²) in [5.41, 5.74) is 4.67. The molecule has 0 bridgehead atoms. The molecule has 2 fully saturated rings. The van der Waals surface area contributed by atoms with Crippen LogP contribution in [0.1, 0.15) is 43.1 Å². The van der Waals surface area contributed by atoms with E-state index in [0.29, 0.717) is 17.8 Å².